The highest BCUT2D eigenvalue weighted by Gasteiger charge is 2.22. The van der Waals surface area contributed by atoms with Crippen LogP contribution in [0.5, 0.6) is 0 Å². The van der Waals surface area contributed by atoms with E-state index in [1.807, 2.05) is 37.4 Å². The van der Waals surface area contributed by atoms with Gasteiger partial charge in [0.25, 0.3) is 0 Å². The Balaban J connectivity index is 1.68. The summed E-state index contributed by atoms with van der Waals surface area (Å²) in [4.78, 5) is 12.8. The van der Waals surface area contributed by atoms with Gasteiger partial charge in [0.1, 0.15) is 5.82 Å². The predicted molar refractivity (Wildman–Crippen MR) is 111 cm³/mol. The Kier molecular flexibility index (Phi) is 4.94. The summed E-state index contributed by atoms with van der Waals surface area (Å²) in [6.07, 6.45) is 2.41. The molecular formula is C24H21FN2O. The summed E-state index contributed by atoms with van der Waals surface area (Å²) in [6, 6.07) is 24.1. The number of aryl methyl sites for hydroxylation is 1. The van der Waals surface area contributed by atoms with Crippen LogP contribution in [0, 0.1) is 5.82 Å². The molecule has 0 saturated heterocycles. The van der Waals surface area contributed by atoms with Crippen molar-refractivity contribution in [3.8, 4) is 0 Å². The lowest BCUT2D eigenvalue weighted by atomic mass is 9.88. The molecule has 140 valence electrons. The van der Waals surface area contributed by atoms with Crippen LogP contribution >= 0.6 is 0 Å². The van der Waals surface area contributed by atoms with E-state index in [9.17, 15) is 9.18 Å². The molecule has 4 aromatic rings. The SMILES string of the molecule is Cn1cc(C(CC(=O)Nc2ccc(F)cc2)c2ccccc2)c2ccccc21. The lowest BCUT2D eigenvalue weighted by Crippen LogP contribution is -2.16. The van der Waals surface area contributed by atoms with Crippen molar-refractivity contribution in [2.24, 2.45) is 7.05 Å². The molecule has 1 amide bonds. The highest BCUT2D eigenvalue weighted by molar-refractivity contribution is 5.93. The summed E-state index contributed by atoms with van der Waals surface area (Å²) in [5.41, 5.74) is 3.94. The number of aromatic nitrogens is 1. The fourth-order valence-electron chi connectivity index (χ4n) is 3.67. The third-order valence-electron chi connectivity index (χ3n) is 5.02. The van der Waals surface area contributed by atoms with Gasteiger partial charge in [0.05, 0.1) is 0 Å². The molecule has 3 nitrogen and oxygen atoms in total. The van der Waals surface area contributed by atoms with E-state index in [1.54, 1.807) is 12.1 Å². The molecule has 1 N–H and O–H groups in total. The van der Waals surface area contributed by atoms with Crippen LogP contribution in [-0.4, -0.2) is 10.5 Å². The highest BCUT2D eigenvalue weighted by atomic mass is 19.1. The Morgan fingerprint density at radius 2 is 1.64 bits per heavy atom. The lowest BCUT2D eigenvalue weighted by molar-refractivity contribution is -0.116. The minimum atomic E-state index is -0.323. The minimum absolute atomic E-state index is 0.0762. The summed E-state index contributed by atoms with van der Waals surface area (Å²) in [6.45, 7) is 0. The molecule has 0 radical (unpaired) electrons. The monoisotopic (exact) mass is 372 g/mol. The quantitative estimate of drug-likeness (QED) is 0.495. The number of carbonyl (C=O) groups is 1. The van der Waals surface area contributed by atoms with Crippen molar-refractivity contribution in [2.75, 3.05) is 5.32 Å². The second-order valence-electron chi connectivity index (χ2n) is 6.93. The first kappa shape index (κ1) is 18.0. The largest absolute Gasteiger partial charge is 0.350 e. The average Bonchev–Trinajstić information content (AvgIpc) is 3.05. The van der Waals surface area contributed by atoms with Crippen molar-refractivity contribution in [3.05, 3.63) is 102 Å². The van der Waals surface area contributed by atoms with Crippen LogP contribution in [-0.2, 0) is 11.8 Å². The van der Waals surface area contributed by atoms with Crippen molar-refractivity contribution in [1.82, 2.24) is 4.57 Å². The number of hydrogen-bond acceptors (Lipinski definition) is 1. The summed E-state index contributed by atoms with van der Waals surface area (Å²) in [5.74, 6) is -0.503. The van der Waals surface area contributed by atoms with Crippen LogP contribution in [0.2, 0.25) is 0 Å². The van der Waals surface area contributed by atoms with Gasteiger partial charge in [-0.2, -0.15) is 0 Å². The van der Waals surface area contributed by atoms with E-state index in [2.05, 4.69) is 40.3 Å². The summed E-state index contributed by atoms with van der Waals surface area (Å²) in [7, 11) is 2.02. The molecule has 1 aromatic heterocycles. The van der Waals surface area contributed by atoms with Gasteiger partial charge >= 0.3 is 0 Å². The number of nitrogens with one attached hydrogen (secondary N) is 1. The molecule has 0 aliphatic rings. The van der Waals surface area contributed by atoms with Crippen LogP contribution in [0.4, 0.5) is 10.1 Å². The molecule has 0 saturated carbocycles. The molecule has 1 heterocycles. The van der Waals surface area contributed by atoms with Gasteiger partial charge in [0.2, 0.25) is 5.91 Å². The van der Waals surface area contributed by atoms with Gasteiger partial charge in [-0.15, -0.1) is 0 Å². The topological polar surface area (TPSA) is 34.0 Å². The van der Waals surface area contributed by atoms with Gasteiger partial charge in [0, 0.05) is 42.2 Å². The molecule has 0 aliphatic carbocycles. The number of hydrogen-bond donors (Lipinski definition) is 1. The molecule has 0 spiro atoms. The first-order valence-corrected chi connectivity index (χ1v) is 9.26. The first-order valence-electron chi connectivity index (χ1n) is 9.26. The second-order valence-corrected chi connectivity index (χ2v) is 6.93. The van der Waals surface area contributed by atoms with Crippen LogP contribution in [0.15, 0.2) is 85.1 Å². The maximum absolute atomic E-state index is 13.1. The van der Waals surface area contributed by atoms with Gasteiger partial charge in [-0.25, -0.2) is 4.39 Å². The fraction of sp³-hybridized carbons (Fsp3) is 0.125. The van der Waals surface area contributed by atoms with E-state index in [0.29, 0.717) is 12.1 Å². The average molecular weight is 372 g/mol. The van der Waals surface area contributed by atoms with E-state index >= 15 is 0 Å². The van der Waals surface area contributed by atoms with E-state index in [-0.39, 0.29) is 17.6 Å². The smallest absolute Gasteiger partial charge is 0.225 e. The molecule has 4 heteroatoms. The van der Waals surface area contributed by atoms with Gasteiger partial charge in [-0.3, -0.25) is 4.79 Å². The number of anilines is 1. The van der Waals surface area contributed by atoms with Crippen LogP contribution in [0.25, 0.3) is 10.9 Å². The maximum atomic E-state index is 13.1. The number of amides is 1. The third-order valence-corrected chi connectivity index (χ3v) is 5.02. The zero-order valence-electron chi connectivity index (χ0n) is 15.6. The Labute approximate surface area is 163 Å². The van der Waals surface area contributed by atoms with Crippen LogP contribution in [0.3, 0.4) is 0 Å². The van der Waals surface area contributed by atoms with Gasteiger partial charge in [-0.05, 0) is 41.5 Å². The van der Waals surface area contributed by atoms with Gasteiger partial charge < -0.3 is 9.88 Å². The van der Waals surface area contributed by atoms with Crippen molar-refractivity contribution in [2.45, 2.75) is 12.3 Å². The Hall–Kier alpha value is -3.40. The molecule has 0 fully saturated rings. The second kappa shape index (κ2) is 7.69. The molecule has 3 aromatic carbocycles. The molecule has 0 bridgehead atoms. The molecule has 4 rings (SSSR count). The van der Waals surface area contributed by atoms with E-state index in [4.69, 9.17) is 0 Å². The Morgan fingerprint density at radius 3 is 2.39 bits per heavy atom. The first-order chi connectivity index (χ1) is 13.6. The Bertz CT molecular complexity index is 1100. The molecule has 28 heavy (non-hydrogen) atoms. The minimum Gasteiger partial charge on any atom is -0.350 e. The van der Waals surface area contributed by atoms with Crippen molar-refractivity contribution in [3.63, 3.8) is 0 Å². The third kappa shape index (κ3) is 3.67. The number of carbonyl (C=O) groups excluding carboxylic acids is 1. The normalized spacial score (nSPS) is 12.1. The predicted octanol–water partition coefficient (Wildman–Crippen LogP) is 5.48. The van der Waals surface area contributed by atoms with E-state index < -0.39 is 0 Å². The summed E-state index contributed by atoms with van der Waals surface area (Å²) in [5, 5.41) is 4.03. The molecule has 0 aliphatic heterocycles. The number of nitrogens with zero attached hydrogens (tertiary/aromatic N) is 1. The van der Waals surface area contributed by atoms with Gasteiger partial charge in [0.15, 0.2) is 0 Å². The molecule has 1 unspecified atom stereocenters. The summed E-state index contributed by atoms with van der Waals surface area (Å²) >= 11 is 0. The van der Waals surface area contributed by atoms with E-state index in [1.165, 1.54) is 12.1 Å². The number of benzene rings is 3. The van der Waals surface area contributed by atoms with Gasteiger partial charge in [-0.1, -0.05) is 48.5 Å². The number of fused-ring (bicyclic) bond motifs is 1. The maximum Gasteiger partial charge on any atom is 0.225 e. The standard InChI is InChI=1S/C24H21FN2O/c1-27-16-22(20-9-5-6-10-23(20)27)21(17-7-3-2-4-8-17)15-24(28)26-19-13-11-18(25)12-14-19/h2-14,16,21H,15H2,1H3,(H,26,28). The van der Waals surface area contributed by atoms with Crippen molar-refractivity contribution >= 4 is 22.5 Å². The molecular weight excluding hydrogens is 351 g/mol. The number of para-hydroxylation sites is 1. The summed E-state index contributed by atoms with van der Waals surface area (Å²) < 4.78 is 15.2. The van der Waals surface area contributed by atoms with Crippen LogP contribution < -0.4 is 5.32 Å². The lowest BCUT2D eigenvalue weighted by Gasteiger charge is -2.17. The Morgan fingerprint density at radius 1 is 0.964 bits per heavy atom. The molecule has 1 atom stereocenters. The van der Waals surface area contributed by atoms with Crippen molar-refractivity contribution in [1.29, 1.82) is 0 Å². The highest BCUT2D eigenvalue weighted by Crippen LogP contribution is 2.34. The zero-order valence-corrected chi connectivity index (χ0v) is 15.6. The van der Waals surface area contributed by atoms with Crippen molar-refractivity contribution < 1.29 is 9.18 Å². The zero-order chi connectivity index (χ0) is 19.5. The van der Waals surface area contributed by atoms with Crippen LogP contribution in [0.1, 0.15) is 23.5 Å². The fourth-order valence-corrected chi connectivity index (χ4v) is 3.67. The number of halogens is 1. The van der Waals surface area contributed by atoms with E-state index in [0.717, 1.165) is 22.0 Å². The number of rotatable bonds is 5.